The van der Waals surface area contributed by atoms with Crippen LogP contribution in [0.1, 0.15) is 16.7 Å². The zero-order valence-corrected chi connectivity index (χ0v) is 14.0. The molecule has 3 aromatic rings. The van der Waals surface area contributed by atoms with Gasteiger partial charge in [0, 0.05) is 6.07 Å². The minimum Gasteiger partial charge on any atom is -0.489 e. The first kappa shape index (κ1) is 18.3. The molecule has 3 aromatic carbocycles. The van der Waals surface area contributed by atoms with Crippen LogP contribution >= 0.6 is 0 Å². The summed E-state index contributed by atoms with van der Waals surface area (Å²) >= 11 is 0. The lowest BCUT2D eigenvalue weighted by atomic mass is 10.1. The van der Waals surface area contributed by atoms with Crippen molar-refractivity contribution in [2.75, 3.05) is 0 Å². The van der Waals surface area contributed by atoms with Gasteiger partial charge in [-0.15, -0.1) is 0 Å². The van der Waals surface area contributed by atoms with Gasteiger partial charge in [0.1, 0.15) is 29.9 Å². The standard InChI is InChI=1S/C21H14F3NO2/c22-21(23,24)17-10-9-16(13-25)20(11-17)27-19-8-4-7-18(12-19)26-14-15-5-2-1-3-6-15/h1-12H,14H2. The van der Waals surface area contributed by atoms with Crippen LogP contribution in [0, 0.1) is 11.3 Å². The largest absolute Gasteiger partial charge is 0.489 e. The fraction of sp³-hybridized carbons (Fsp3) is 0.0952. The van der Waals surface area contributed by atoms with Crippen LogP contribution < -0.4 is 9.47 Å². The van der Waals surface area contributed by atoms with E-state index in [4.69, 9.17) is 14.7 Å². The van der Waals surface area contributed by atoms with Crippen LogP contribution in [0.25, 0.3) is 0 Å². The van der Waals surface area contributed by atoms with Crippen LogP contribution in [-0.4, -0.2) is 0 Å². The smallest absolute Gasteiger partial charge is 0.416 e. The van der Waals surface area contributed by atoms with E-state index in [1.165, 1.54) is 0 Å². The lowest BCUT2D eigenvalue weighted by Gasteiger charge is -2.12. The number of rotatable bonds is 5. The van der Waals surface area contributed by atoms with E-state index in [0.29, 0.717) is 12.4 Å². The van der Waals surface area contributed by atoms with Gasteiger partial charge in [0.15, 0.2) is 0 Å². The Morgan fingerprint density at radius 1 is 0.852 bits per heavy atom. The van der Waals surface area contributed by atoms with Gasteiger partial charge in [0.25, 0.3) is 0 Å². The summed E-state index contributed by atoms with van der Waals surface area (Å²) in [4.78, 5) is 0. The summed E-state index contributed by atoms with van der Waals surface area (Å²) in [6, 6.07) is 20.6. The van der Waals surface area contributed by atoms with E-state index in [1.807, 2.05) is 36.4 Å². The van der Waals surface area contributed by atoms with Crippen LogP contribution in [0.2, 0.25) is 0 Å². The molecule has 3 rings (SSSR count). The quantitative estimate of drug-likeness (QED) is 0.558. The average Bonchev–Trinajstić information content (AvgIpc) is 2.67. The number of halogens is 3. The van der Waals surface area contributed by atoms with Gasteiger partial charge in [-0.1, -0.05) is 36.4 Å². The van der Waals surface area contributed by atoms with Crippen LogP contribution in [0.4, 0.5) is 13.2 Å². The Balaban J connectivity index is 1.79. The molecule has 0 spiro atoms. The molecule has 27 heavy (non-hydrogen) atoms. The molecule has 0 aliphatic carbocycles. The first-order chi connectivity index (χ1) is 13.0. The van der Waals surface area contributed by atoms with Crippen molar-refractivity contribution in [3.8, 4) is 23.3 Å². The molecule has 0 atom stereocenters. The van der Waals surface area contributed by atoms with Gasteiger partial charge in [0.05, 0.1) is 11.1 Å². The summed E-state index contributed by atoms with van der Waals surface area (Å²) in [7, 11) is 0. The van der Waals surface area contributed by atoms with E-state index in [-0.39, 0.29) is 17.1 Å². The topological polar surface area (TPSA) is 42.2 Å². The van der Waals surface area contributed by atoms with Crippen molar-refractivity contribution in [2.45, 2.75) is 12.8 Å². The maximum Gasteiger partial charge on any atom is 0.416 e. The van der Waals surface area contributed by atoms with Crippen molar-refractivity contribution in [1.29, 1.82) is 5.26 Å². The molecule has 0 saturated heterocycles. The van der Waals surface area contributed by atoms with Crippen LogP contribution in [0.3, 0.4) is 0 Å². The Morgan fingerprint density at radius 3 is 2.30 bits per heavy atom. The summed E-state index contributed by atoms with van der Waals surface area (Å²) in [5.41, 5.74) is 0.111. The molecule has 0 aliphatic heterocycles. The number of hydrogen-bond acceptors (Lipinski definition) is 3. The Kier molecular flexibility index (Phi) is 5.32. The van der Waals surface area contributed by atoms with Gasteiger partial charge < -0.3 is 9.47 Å². The summed E-state index contributed by atoms with van der Waals surface area (Å²) in [6.07, 6.45) is -4.52. The zero-order chi connectivity index (χ0) is 19.3. The fourth-order valence-electron chi connectivity index (χ4n) is 2.37. The van der Waals surface area contributed by atoms with Crippen molar-refractivity contribution < 1.29 is 22.6 Å². The fourth-order valence-corrected chi connectivity index (χ4v) is 2.37. The van der Waals surface area contributed by atoms with Crippen molar-refractivity contribution in [2.24, 2.45) is 0 Å². The van der Waals surface area contributed by atoms with E-state index in [2.05, 4.69) is 0 Å². The number of alkyl halides is 3. The molecule has 3 nitrogen and oxygen atoms in total. The average molecular weight is 369 g/mol. The number of hydrogen-bond donors (Lipinski definition) is 0. The predicted octanol–water partition coefficient (Wildman–Crippen LogP) is 5.95. The van der Waals surface area contributed by atoms with Gasteiger partial charge in [-0.3, -0.25) is 0 Å². The minimum atomic E-state index is -4.52. The lowest BCUT2D eigenvalue weighted by Crippen LogP contribution is -2.05. The third-order valence-electron chi connectivity index (χ3n) is 3.71. The van der Waals surface area contributed by atoms with Gasteiger partial charge in [-0.05, 0) is 35.9 Å². The molecule has 0 N–H and O–H groups in total. The maximum atomic E-state index is 12.9. The van der Waals surface area contributed by atoms with Crippen LogP contribution in [-0.2, 0) is 12.8 Å². The molecule has 6 heteroatoms. The Morgan fingerprint density at radius 2 is 1.59 bits per heavy atom. The maximum absolute atomic E-state index is 12.9. The first-order valence-corrected chi connectivity index (χ1v) is 8.02. The highest BCUT2D eigenvalue weighted by atomic mass is 19.4. The molecule has 0 heterocycles. The highest BCUT2D eigenvalue weighted by Gasteiger charge is 2.31. The van der Waals surface area contributed by atoms with Gasteiger partial charge in [0.2, 0.25) is 0 Å². The van der Waals surface area contributed by atoms with E-state index >= 15 is 0 Å². The summed E-state index contributed by atoms with van der Waals surface area (Å²) in [6.45, 7) is 0.345. The Bertz CT molecular complexity index is 963. The molecule has 0 fully saturated rings. The predicted molar refractivity (Wildman–Crippen MR) is 93.4 cm³/mol. The molecule has 0 amide bonds. The Hall–Kier alpha value is -3.46. The van der Waals surface area contributed by atoms with Crippen molar-refractivity contribution in [3.63, 3.8) is 0 Å². The number of benzene rings is 3. The molecule has 0 radical (unpaired) electrons. The van der Waals surface area contributed by atoms with Crippen LogP contribution in [0.5, 0.6) is 17.2 Å². The molecule has 0 unspecified atom stereocenters. The first-order valence-electron chi connectivity index (χ1n) is 8.02. The number of nitrogens with zero attached hydrogens (tertiary/aromatic N) is 1. The normalized spacial score (nSPS) is 10.9. The summed E-state index contributed by atoms with van der Waals surface area (Å²) in [5, 5.41) is 9.12. The molecule has 0 aliphatic rings. The van der Waals surface area contributed by atoms with Gasteiger partial charge in [-0.25, -0.2) is 0 Å². The summed E-state index contributed by atoms with van der Waals surface area (Å²) in [5.74, 6) is 0.616. The van der Waals surface area contributed by atoms with E-state index in [0.717, 1.165) is 23.8 Å². The molecule has 0 bridgehead atoms. The highest BCUT2D eigenvalue weighted by Crippen LogP contribution is 2.35. The monoisotopic (exact) mass is 369 g/mol. The molecule has 0 aromatic heterocycles. The van der Waals surface area contributed by atoms with E-state index < -0.39 is 11.7 Å². The second-order valence-electron chi connectivity index (χ2n) is 5.67. The summed E-state index contributed by atoms with van der Waals surface area (Å²) < 4.78 is 49.9. The highest BCUT2D eigenvalue weighted by molar-refractivity contribution is 5.48. The van der Waals surface area contributed by atoms with Crippen molar-refractivity contribution in [1.82, 2.24) is 0 Å². The van der Waals surface area contributed by atoms with Crippen LogP contribution in [0.15, 0.2) is 72.8 Å². The number of ether oxygens (including phenoxy) is 2. The minimum absolute atomic E-state index is 0.0126. The van der Waals surface area contributed by atoms with Gasteiger partial charge >= 0.3 is 6.18 Å². The second-order valence-corrected chi connectivity index (χ2v) is 5.67. The number of nitriles is 1. The third-order valence-corrected chi connectivity index (χ3v) is 3.71. The molecular formula is C21H14F3NO2. The zero-order valence-electron chi connectivity index (χ0n) is 14.0. The SMILES string of the molecule is N#Cc1ccc(C(F)(F)F)cc1Oc1cccc(OCc2ccccc2)c1. The second kappa shape index (κ2) is 7.83. The van der Waals surface area contributed by atoms with Crippen molar-refractivity contribution in [3.05, 3.63) is 89.5 Å². The Labute approximate surface area is 154 Å². The molecular weight excluding hydrogens is 355 g/mol. The van der Waals surface area contributed by atoms with Crippen molar-refractivity contribution >= 4 is 0 Å². The molecule has 136 valence electrons. The van der Waals surface area contributed by atoms with E-state index in [1.54, 1.807) is 24.3 Å². The van der Waals surface area contributed by atoms with Gasteiger partial charge in [-0.2, -0.15) is 18.4 Å². The third kappa shape index (κ3) is 4.79. The van der Waals surface area contributed by atoms with E-state index in [9.17, 15) is 13.2 Å². The molecule has 0 saturated carbocycles. The lowest BCUT2D eigenvalue weighted by molar-refractivity contribution is -0.137.